The molecule has 0 aromatic heterocycles. The average Bonchev–Trinajstić information content (AvgIpc) is 2.71. The first-order valence-electron chi connectivity index (χ1n) is 9.16. The van der Waals surface area contributed by atoms with Crippen LogP contribution in [0.4, 0.5) is 10.1 Å². The van der Waals surface area contributed by atoms with Gasteiger partial charge in [0.1, 0.15) is 23.2 Å². The summed E-state index contributed by atoms with van der Waals surface area (Å²) in [7, 11) is 3.62. The molecule has 0 spiro atoms. The van der Waals surface area contributed by atoms with Crippen LogP contribution in [0.5, 0.6) is 5.75 Å². The molecule has 0 saturated carbocycles. The van der Waals surface area contributed by atoms with Crippen LogP contribution in [0.1, 0.15) is 18.4 Å². The van der Waals surface area contributed by atoms with Gasteiger partial charge in [-0.15, -0.1) is 0 Å². The van der Waals surface area contributed by atoms with Gasteiger partial charge in [0.25, 0.3) is 0 Å². The van der Waals surface area contributed by atoms with E-state index in [1.807, 2.05) is 36.2 Å². The van der Waals surface area contributed by atoms with Crippen molar-refractivity contribution in [3.63, 3.8) is 0 Å². The molecule has 148 valence electrons. The number of anilines is 1. The Kier molecular flexibility index (Phi) is 5.60. The van der Waals surface area contributed by atoms with Crippen molar-refractivity contribution in [2.75, 3.05) is 38.9 Å². The number of nitrogens with zero attached hydrogens (tertiary/aromatic N) is 1. The van der Waals surface area contributed by atoms with E-state index in [4.69, 9.17) is 26.4 Å². The molecule has 2 heterocycles. The predicted molar refractivity (Wildman–Crippen MR) is 112 cm³/mol. The van der Waals surface area contributed by atoms with Gasteiger partial charge in [-0.05, 0) is 42.0 Å². The Labute approximate surface area is 174 Å². The molecule has 1 fully saturated rings. The van der Waals surface area contributed by atoms with Crippen LogP contribution in [0.15, 0.2) is 46.2 Å². The molecule has 0 atom stereocenters. The number of thiocarbonyl (C=S) groups is 1. The summed E-state index contributed by atoms with van der Waals surface area (Å²) in [6.45, 7) is 1.63. The number of methoxy groups -OCH3 is 1. The zero-order valence-corrected chi connectivity index (χ0v) is 17.5. The largest absolute Gasteiger partial charge is 0.484 e. The molecule has 0 unspecified atom stereocenters. The van der Waals surface area contributed by atoms with Crippen molar-refractivity contribution in [2.45, 2.75) is 28.2 Å². The second kappa shape index (κ2) is 7.99. The molecule has 4 rings (SSSR count). The van der Waals surface area contributed by atoms with Crippen LogP contribution in [0.2, 0.25) is 0 Å². The zero-order chi connectivity index (χ0) is 19.7. The Bertz CT molecular complexity index is 899. The number of ether oxygens (including phenoxy) is 3. The van der Waals surface area contributed by atoms with Crippen LogP contribution in [0.3, 0.4) is 0 Å². The highest BCUT2D eigenvalue weighted by atomic mass is 32.2. The van der Waals surface area contributed by atoms with E-state index in [1.54, 1.807) is 19.2 Å². The Balaban J connectivity index is 1.62. The monoisotopic (exact) mass is 419 g/mol. The van der Waals surface area contributed by atoms with Gasteiger partial charge in [0.2, 0.25) is 0 Å². The van der Waals surface area contributed by atoms with Gasteiger partial charge >= 0.3 is 0 Å². The van der Waals surface area contributed by atoms with Gasteiger partial charge in [-0.3, -0.25) is 0 Å². The third-order valence-corrected chi connectivity index (χ3v) is 6.69. The minimum atomic E-state index is -0.493. The lowest BCUT2D eigenvalue weighted by Crippen LogP contribution is -2.35. The van der Waals surface area contributed by atoms with Gasteiger partial charge in [-0.1, -0.05) is 24.0 Å². The predicted octanol–water partition coefficient (Wildman–Crippen LogP) is 4.79. The number of likely N-dealkylation sites (N-methyl/N-ethyl adjacent to an activating group) is 1. The fraction of sp³-hybridized carbons (Fsp3) is 0.381. The summed E-state index contributed by atoms with van der Waals surface area (Å²) < 4.78 is 31.5. The Morgan fingerprint density at radius 1 is 1.14 bits per heavy atom. The van der Waals surface area contributed by atoms with E-state index in [9.17, 15) is 4.39 Å². The molecule has 7 heteroatoms. The molecule has 2 aromatic rings. The van der Waals surface area contributed by atoms with Crippen LogP contribution in [-0.4, -0.2) is 39.0 Å². The maximum absolute atomic E-state index is 14.4. The highest BCUT2D eigenvalue weighted by Crippen LogP contribution is 2.41. The second-order valence-electron chi connectivity index (χ2n) is 6.96. The van der Waals surface area contributed by atoms with Gasteiger partial charge in [-0.25, -0.2) is 4.39 Å². The van der Waals surface area contributed by atoms with Gasteiger partial charge in [0, 0.05) is 50.0 Å². The summed E-state index contributed by atoms with van der Waals surface area (Å²) in [5.74, 6) is 0.526. The third-order valence-electron chi connectivity index (χ3n) is 5.34. The molecule has 2 aliphatic rings. The van der Waals surface area contributed by atoms with Gasteiger partial charge < -0.3 is 19.1 Å². The van der Waals surface area contributed by atoms with E-state index in [0.717, 1.165) is 44.6 Å². The van der Waals surface area contributed by atoms with Gasteiger partial charge in [0.15, 0.2) is 0 Å². The second-order valence-corrected chi connectivity index (χ2v) is 8.58. The highest BCUT2D eigenvalue weighted by Gasteiger charge is 2.35. The summed E-state index contributed by atoms with van der Waals surface area (Å²) in [5.41, 5.74) is 1.31. The minimum absolute atomic E-state index is 0.262. The maximum atomic E-state index is 14.4. The number of halogens is 1. The van der Waals surface area contributed by atoms with Crippen molar-refractivity contribution >= 4 is 34.7 Å². The quantitative estimate of drug-likeness (QED) is 0.663. The SMILES string of the molecule is COC1(c2cc(F)cc(Sc3ccc4c(c3)OCC(=S)N4C)c2)CCOCC1. The standard InChI is InChI=1S/C21H22FNO3S2/c1-23-18-4-3-16(12-19(18)26-13-20(23)27)28-17-10-14(9-15(22)11-17)21(24-2)5-7-25-8-6-21/h3-4,9-12H,5-8,13H2,1-2H3. The summed E-state index contributed by atoms with van der Waals surface area (Å²) in [5, 5.41) is 0. The first kappa shape index (κ1) is 19.6. The van der Waals surface area contributed by atoms with Crippen LogP contribution in [0, 0.1) is 5.82 Å². The lowest BCUT2D eigenvalue weighted by Gasteiger charge is -2.36. The molecule has 0 bridgehead atoms. The third kappa shape index (κ3) is 3.76. The van der Waals surface area contributed by atoms with E-state index < -0.39 is 5.60 Å². The number of hydrogen-bond acceptors (Lipinski definition) is 5. The molecule has 2 aromatic carbocycles. The molecule has 0 amide bonds. The van der Waals surface area contributed by atoms with Crippen molar-refractivity contribution in [3.05, 3.63) is 47.8 Å². The molecule has 0 aliphatic carbocycles. The number of fused-ring (bicyclic) bond motifs is 1. The first-order valence-corrected chi connectivity index (χ1v) is 10.4. The lowest BCUT2D eigenvalue weighted by atomic mass is 9.86. The van der Waals surface area contributed by atoms with E-state index in [1.165, 1.54) is 11.8 Å². The summed E-state index contributed by atoms with van der Waals surface area (Å²) in [6.07, 6.45) is 1.44. The van der Waals surface area contributed by atoms with E-state index in [2.05, 4.69) is 0 Å². The number of benzene rings is 2. The minimum Gasteiger partial charge on any atom is -0.484 e. The molecule has 4 nitrogen and oxygen atoms in total. The molecule has 1 saturated heterocycles. The average molecular weight is 420 g/mol. The van der Waals surface area contributed by atoms with Crippen molar-refractivity contribution in [3.8, 4) is 5.75 Å². The zero-order valence-electron chi connectivity index (χ0n) is 15.9. The summed E-state index contributed by atoms with van der Waals surface area (Å²) in [4.78, 5) is 4.52. The topological polar surface area (TPSA) is 30.9 Å². The smallest absolute Gasteiger partial charge is 0.144 e. The molecule has 28 heavy (non-hydrogen) atoms. The Hall–Kier alpha value is -1.67. The van der Waals surface area contributed by atoms with E-state index >= 15 is 0 Å². The molecular weight excluding hydrogens is 397 g/mol. The van der Waals surface area contributed by atoms with Crippen LogP contribution < -0.4 is 9.64 Å². The van der Waals surface area contributed by atoms with Crippen LogP contribution in [-0.2, 0) is 15.1 Å². The highest BCUT2D eigenvalue weighted by molar-refractivity contribution is 7.99. The molecule has 0 N–H and O–H groups in total. The molecule has 0 radical (unpaired) electrons. The van der Waals surface area contributed by atoms with Crippen molar-refractivity contribution in [1.82, 2.24) is 0 Å². The van der Waals surface area contributed by atoms with Crippen molar-refractivity contribution in [1.29, 1.82) is 0 Å². The number of rotatable bonds is 4. The molecule has 2 aliphatic heterocycles. The van der Waals surface area contributed by atoms with Crippen molar-refractivity contribution < 1.29 is 18.6 Å². The van der Waals surface area contributed by atoms with E-state index in [-0.39, 0.29) is 5.82 Å². The van der Waals surface area contributed by atoms with E-state index in [0.29, 0.717) is 19.8 Å². The van der Waals surface area contributed by atoms with Gasteiger partial charge in [0.05, 0.1) is 11.3 Å². The fourth-order valence-corrected chi connectivity index (χ4v) is 4.74. The summed E-state index contributed by atoms with van der Waals surface area (Å²) >= 11 is 6.79. The number of hydrogen-bond donors (Lipinski definition) is 0. The van der Waals surface area contributed by atoms with Crippen LogP contribution >= 0.6 is 24.0 Å². The first-order chi connectivity index (χ1) is 13.5. The Morgan fingerprint density at radius 3 is 2.68 bits per heavy atom. The van der Waals surface area contributed by atoms with Crippen molar-refractivity contribution in [2.24, 2.45) is 0 Å². The maximum Gasteiger partial charge on any atom is 0.144 e. The fourth-order valence-electron chi connectivity index (χ4n) is 3.65. The van der Waals surface area contributed by atoms with Gasteiger partial charge in [-0.2, -0.15) is 0 Å². The normalized spacial score (nSPS) is 18.5. The Morgan fingerprint density at radius 2 is 1.93 bits per heavy atom. The summed E-state index contributed by atoms with van der Waals surface area (Å²) in [6, 6.07) is 11.1. The lowest BCUT2D eigenvalue weighted by molar-refractivity contribution is -0.0950. The van der Waals surface area contributed by atoms with Crippen LogP contribution in [0.25, 0.3) is 0 Å². The molecular formula is C21H22FNO3S2.